The molecule has 174 valence electrons. The van der Waals surface area contributed by atoms with E-state index in [-0.39, 0.29) is 23.2 Å². The summed E-state index contributed by atoms with van der Waals surface area (Å²) in [5.41, 5.74) is 2.40. The van der Waals surface area contributed by atoms with Crippen molar-refractivity contribution in [1.82, 2.24) is 5.32 Å². The molecule has 33 heavy (non-hydrogen) atoms. The Morgan fingerprint density at radius 1 is 1.00 bits per heavy atom. The van der Waals surface area contributed by atoms with Crippen molar-refractivity contribution in [3.05, 3.63) is 95.8 Å². The van der Waals surface area contributed by atoms with Gasteiger partial charge in [-0.2, -0.15) is 11.8 Å². The fourth-order valence-electron chi connectivity index (χ4n) is 3.18. The summed E-state index contributed by atoms with van der Waals surface area (Å²) in [7, 11) is -3.90. The van der Waals surface area contributed by atoms with Crippen LogP contribution < -0.4 is 9.62 Å². The van der Waals surface area contributed by atoms with Crippen LogP contribution in [0.5, 0.6) is 0 Å². The predicted molar refractivity (Wildman–Crippen MR) is 132 cm³/mol. The third-order valence-electron chi connectivity index (χ3n) is 4.88. The van der Waals surface area contributed by atoms with Gasteiger partial charge in [-0.25, -0.2) is 12.8 Å². The molecule has 3 aromatic carbocycles. The molecule has 0 aliphatic rings. The zero-order chi connectivity index (χ0) is 23.7. The lowest BCUT2D eigenvalue weighted by molar-refractivity contribution is -0.119. The van der Waals surface area contributed by atoms with E-state index in [4.69, 9.17) is 0 Å². The highest BCUT2D eigenvalue weighted by atomic mass is 32.2. The number of carbonyl (C=O) groups is 1. The SMILES string of the molecule is Cc1cccc(N(CC(=O)NCCCSCc2ccc(F)cc2)S(=O)(=O)c2ccccc2)c1. The minimum absolute atomic E-state index is 0.136. The van der Waals surface area contributed by atoms with Gasteiger partial charge in [0.2, 0.25) is 5.91 Å². The third kappa shape index (κ3) is 7.33. The normalized spacial score (nSPS) is 11.2. The van der Waals surface area contributed by atoms with Gasteiger partial charge in [-0.05, 0) is 66.6 Å². The number of rotatable bonds is 11. The van der Waals surface area contributed by atoms with Crippen molar-refractivity contribution < 1.29 is 17.6 Å². The number of hydrogen-bond acceptors (Lipinski definition) is 4. The number of hydrogen-bond donors (Lipinski definition) is 1. The number of halogens is 1. The Labute approximate surface area is 199 Å². The first kappa shape index (κ1) is 24.8. The first-order valence-corrected chi connectivity index (χ1v) is 13.2. The Balaban J connectivity index is 1.56. The van der Waals surface area contributed by atoms with Crippen LogP contribution in [0, 0.1) is 12.7 Å². The molecule has 0 unspecified atom stereocenters. The molecule has 0 spiro atoms. The van der Waals surface area contributed by atoms with E-state index in [0.717, 1.165) is 33.4 Å². The highest BCUT2D eigenvalue weighted by Gasteiger charge is 2.27. The van der Waals surface area contributed by atoms with E-state index in [1.165, 1.54) is 24.3 Å². The summed E-state index contributed by atoms with van der Waals surface area (Å²) in [6.45, 7) is 2.02. The highest BCUT2D eigenvalue weighted by Crippen LogP contribution is 2.24. The van der Waals surface area contributed by atoms with Crippen LogP contribution in [0.4, 0.5) is 10.1 Å². The van der Waals surface area contributed by atoms with Gasteiger partial charge in [0.15, 0.2) is 0 Å². The third-order valence-corrected chi connectivity index (χ3v) is 7.78. The van der Waals surface area contributed by atoms with Crippen molar-refractivity contribution in [2.45, 2.75) is 24.0 Å². The zero-order valence-electron chi connectivity index (χ0n) is 18.4. The molecule has 0 radical (unpaired) electrons. The molecule has 3 rings (SSSR count). The lowest BCUT2D eigenvalue weighted by atomic mass is 10.2. The molecule has 0 aromatic heterocycles. The Hall–Kier alpha value is -2.84. The molecular weight excluding hydrogens is 459 g/mol. The number of anilines is 1. The number of benzene rings is 3. The van der Waals surface area contributed by atoms with Crippen molar-refractivity contribution in [2.75, 3.05) is 23.1 Å². The number of aryl methyl sites for hydroxylation is 1. The molecule has 8 heteroatoms. The van der Waals surface area contributed by atoms with Crippen LogP contribution in [0.25, 0.3) is 0 Å². The van der Waals surface area contributed by atoms with Crippen LogP contribution >= 0.6 is 11.8 Å². The van der Waals surface area contributed by atoms with Crippen molar-refractivity contribution in [2.24, 2.45) is 0 Å². The zero-order valence-corrected chi connectivity index (χ0v) is 20.0. The van der Waals surface area contributed by atoms with Gasteiger partial charge >= 0.3 is 0 Å². The van der Waals surface area contributed by atoms with Gasteiger partial charge in [0.05, 0.1) is 10.6 Å². The number of carbonyl (C=O) groups excluding carboxylic acids is 1. The monoisotopic (exact) mass is 486 g/mol. The Bertz CT molecular complexity index is 1150. The molecule has 0 aliphatic heterocycles. The topological polar surface area (TPSA) is 66.5 Å². The van der Waals surface area contributed by atoms with Gasteiger partial charge in [0.25, 0.3) is 10.0 Å². The molecule has 1 amide bonds. The van der Waals surface area contributed by atoms with Gasteiger partial charge in [0.1, 0.15) is 12.4 Å². The van der Waals surface area contributed by atoms with E-state index >= 15 is 0 Å². The lowest BCUT2D eigenvalue weighted by Crippen LogP contribution is -2.41. The Kier molecular flexibility index (Phi) is 8.91. The second-order valence-corrected chi connectivity index (χ2v) is 10.5. The highest BCUT2D eigenvalue weighted by molar-refractivity contribution is 7.98. The Morgan fingerprint density at radius 2 is 1.73 bits per heavy atom. The fourth-order valence-corrected chi connectivity index (χ4v) is 5.53. The van der Waals surface area contributed by atoms with E-state index in [9.17, 15) is 17.6 Å². The number of sulfonamides is 1. The summed E-state index contributed by atoms with van der Waals surface area (Å²) in [4.78, 5) is 12.8. The van der Waals surface area contributed by atoms with E-state index < -0.39 is 10.0 Å². The maximum atomic E-state index is 13.3. The Morgan fingerprint density at radius 3 is 2.42 bits per heavy atom. The molecule has 5 nitrogen and oxygen atoms in total. The maximum Gasteiger partial charge on any atom is 0.264 e. The predicted octanol–water partition coefficient (Wildman–Crippen LogP) is 4.77. The van der Waals surface area contributed by atoms with Crippen molar-refractivity contribution in [3.63, 3.8) is 0 Å². The van der Waals surface area contributed by atoms with Crippen molar-refractivity contribution in [3.8, 4) is 0 Å². The molecule has 3 aromatic rings. The largest absolute Gasteiger partial charge is 0.354 e. The summed E-state index contributed by atoms with van der Waals surface area (Å²) < 4.78 is 40.6. The van der Waals surface area contributed by atoms with Gasteiger partial charge in [-0.1, -0.05) is 42.5 Å². The lowest BCUT2D eigenvalue weighted by Gasteiger charge is -2.24. The van der Waals surface area contributed by atoms with Crippen LogP contribution in [-0.2, 0) is 20.6 Å². The van der Waals surface area contributed by atoms with Gasteiger partial charge in [-0.3, -0.25) is 9.10 Å². The number of nitrogens with one attached hydrogen (secondary N) is 1. The van der Waals surface area contributed by atoms with Crippen LogP contribution in [0.3, 0.4) is 0 Å². The van der Waals surface area contributed by atoms with Crippen LogP contribution in [0.2, 0.25) is 0 Å². The summed E-state index contributed by atoms with van der Waals surface area (Å²) in [5.74, 6) is 0.978. The van der Waals surface area contributed by atoms with E-state index in [1.54, 1.807) is 60.3 Å². The van der Waals surface area contributed by atoms with Gasteiger partial charge in [-0.15, -0.1) is 0 Å². The molecule has 0 aliphatic carbocycles. The van der Waals surface area contributed by atoms with Crippen LogP contribution in [0.1, 0.15) is 17.5 Å². The summed E-state index contributed by atoms with van der Waals surface area (Å²) in [5, 5.41) is 2.82. The van der Waals surface area contributed by atoms with Crippen molar-refractivity contribution in [1.29, 1.82) is 0 Å². The number of nitrogens with zero attached hydrogens (tertiary/aromatic N) is 1. The minimum atomic E-state index is -3.90. The molecule has 0 saturated carbocycles. The van der Waals surface area contributed by atoms with Gasteiger partial charge in [0, 0.05) is 12.3 Å². The first-order valence-electron chi connectivity index (χ1n) is 10.6. The van der Waals surface area contributed by atoms with E-state index in [1.807, 2.05) is 13.0 Å². The first-order chi connectivity index (χ1) is 15.9. The summed E-state index contributed by atoms with van der Waals surface area (Å²) >= 11 is 1.70. The van der Waals surface area contributed by atoms with E-state index in [0.29, 0.717) is 12.2 Å². The number of thioether (sulfide) groups is 1. The molecule has 0 fully saturated rings. The van der Waals surface area contributed by atoms with Crippen LogP contribution in [-0.4, -0.2) is 33.2 Å². The average molecular weight is 487 g/mol. The quantitative estimate of drug-likeness (QED) is 0.397. The maximum absolute atomic E-state index is 13.3. The van der Waals surface area contributed by atoms with E-state index in [2.05, 4.69) is 5.32 Å². The average Bonchev–Trinajstić information content (AvgIpc) is 2.81. The smallest absolute Gasteiger partial charge is 0.264 e. The second kappa shape index (κ2) is 11.9. The molecule has 0 atom stereocenters. The standard InChI is InChI=1S/C25H27FN2O3S2/c1-20-7-5-8-23(17-20)28(33(30,31)24-9-3-2-4-10-24)18-25(29)27-15-6-16-32-19-21-11-13-22(26)14-12-21/h2-5,7-14,17H,6,15-16,18-19H2,1H3,(H,27,29). The molecule has 1 N–H and O–H groups in total. The molecule has 0 bridgehead atoms. The molecule has 0 heterocycles. The summed E-state index contributed by atoms with van der Waals surface area (Å²) in [6.07, 6.45) is 0.744. The number of amides is 1. The van der Waals surface area contributed by atoms with Crippen molar-refractivity contribution >= 4 is 33.4 Å². The van der Waals surface area contributed by atoms with Gasteiger partial charge < -0.3 is 5.32 Å². The minimum Gasteiger partial charge on any atom is -0.354 e. The molecule has 0 saturated heterocycles. The van der Waals surface area contributed by atoms with Crippen LogP contribution in [0.15, 0.2) is 83.8 Å². The fraction of sp³-hybridized carbons (Fsp3) is 0.240. The second-order valence-electron chi connectivity index (χ2n) is 7.55. The molecular formula is C25H27FN2O3S2. The summed E-state index contributed by atoms with van der Waals surface area (Å²) in [6, 6.07) is 21.6.